The highest BCUT2D eigenvalue weighted by Gasteiger charge is 2.31. The van der Waals surface area contributed by atoms with Crippen molar-refractivity contribution in [1.29, 1.82) is 0 Å². The second-order valence-corrected chi connectivity index (χ2v) is 13.6. The molecule has 3 heterocycles. The van der Waals surface area contributed by atoms with Gasteiger partial charge >= 0.3 is 5.69 Å². The molecule has 36 heavy (non-hydrogen) atoms. The molecule has 2 atom stereocenters. The Hall–Kier alpha value is -2.32. The monoisotopic (exact) mass is 529 g/mol. The molecule has 2 aliphatic rings. The molecule has 0 saturated carbocycles. The fourth-order valence-corrected chi connectivity index (χ4v) is 6.20. The average Bonchev–Trinajstić information content (AvgIpc) is 3.14. The van der Waals surface area contributed by atoms with Gasteiger partial charge in [-0.1, -0.05) is 64.5 Å². The number of nitrogens with two attached hydrogens (primary N) is 1. The first-order chi connectivity index (χ1) is 16.7. The van der Waals surface area contributed by atoms with Crippen molar-refractivity contribution in [3.63, 3.8) is 0 Å². The third-order valence-corrected chi connectivity index (χ3v) is 8.81. The summed E-state index contributed by atoms with van der Waals surface area (Å²) < 4.78 is 0. The molecule has 0 saturated heterocycles. The van der Waals surface area contributed by atoms with Gasteiger partial charge in [-0.15, -0.1) is 0 Å². The molecular weight excluding hydrogens is 494 g/mol. The van der Waals surface area contributed by atoms with E-state index in [0.717, 1.165) is 59.6 Å². The lowest BCUT2D eigenvalue weighted by Crippen LogP contribution is -2.27. The molecule has 2 N–H and O–H groups in total. The van der Waals surface area contributed by atoms with E-state index in [9.17, 15) is 10.1 Å². The van der Waals surface area contributed by atoms with Crippen LogP contribution < -0.4 is 5.73 Å². The van der Waals surface area contributed by atoms with Gasteiger partial charge in [0.25, 0.3) is 0 Å². The van der Waals surface area contributed by atoms with Crippen LogP contribution in [0.25, 0.3) is 10.3 Å². The van der Waals surface area contributed by atoms with Gasteiger partial charge in [-0.2, -0.15) is 0 Å². The highest BCUT2D eigenvalue weighted by molar-refractivity contribution is 7.21. The van der Waals surface area contributed by atoms with Crippen LogP contribution in [0.2, 0.25) is 5.15 Å². The summed E-state index contributed by atoms with van der Waals surface area (Å²) in [5.41, 5.74) is 11.8. The fourth-order valence-electron chi connectivity index (χ4n) is 5.26. The topological polar surface area (TPSA) is 108 Å². The van der Waals surface area contributed by atoms with Crippen LogP contribution in [-0.2, 0) is 25.7 Å². The molecular formula is C27H36ClN5O2S. The molecule has 0 fully saturated rings. The van der Waals surface area contributed by atoms with Crippen LogP contribution in [0.3, 0.4) is 0 Å². The maximum Gasteiger partial charge on any atom is 0.306 e. The molecule has 0 aromatic carbocycles. The molecule has 0 spiro atoms. The van der Waals surface area contributed by atoms with Crippen molar-refractivity contribution >= 4 is 44.1 Å². The first-order valence-corrected chi connectivity index (χ1v) is 13.8. The van der Waals surface area contributed by atoms with Gasteiger partial charge in [0.15, 0.2) is 5.13 Å². The summed E-state index contributed by atoms with van der Waals surface area (Å²) in [6, 6.07) is 3.80. The van der Waals surface area contributed by atoms with Crippen molar-refractivity contribution in [2.45, 2.75) is 80.1 Å². The van der Waals surface area contributed by atoms with Crippen molar-refractivity contribution in [3.8, 4) is 0 Å². The Labute approximate surface area is 222 Å². The third kappa shape index (κ3) is 5.80. The predicted molar refractivity (Wildman–Crippen MR) is 148 cm³/mol. The Morgan fingerprint density at radius 2 is 1.47 bits per heavy atom. The largest absolute Gasteiger partial charge is 0.375 e. The number of aryl methyl sites for hydroxylation is 2. The maximum absolute atomic E-state index is 10.9. The summed E-state index contributed by atoms with van der Waals surface area (Å²) in [5.74, 6) is 1.27. The zero-order valence-corrected chi connectivity index (χ0v) is 23.6. The minimum absolute atomic E-state index is 0.00737. The van der Waals surface area contributed by atoms with Crippen LogP contribution in [0.1, 0.15) is 76.9 Å². The lowest BCUT2D eigenvalue weighted by molar-refractivity contribution is -0.385. The van der Waals surface area contributed by atoms with Gasteiger partial charge in [-0.25, -0.2) is 15.0 Å². The second-order valence-electron chi connectivity index (χ2n) is 12.2. The highest BCUT2D eigenvalue weighted by Crippen LogP contribution is 2.39. The zero-order valence-electron chi connectivity index (χ0n) is 22.0. The summed E-state index contributed by atoms with van der Waals surface area (Å²) in [5, 5.41) is 11.5. The Bertz CT molecular complexity index is 1290. The second kappa shape index (κ2) is 9.86. The lowest BCUT2D eigenvalue weighted by Gasteiger charge is -2.34. The summed E-state index contributed by atoms with van der Waals surface area (Å²) in [7, 11) is 0. The Kier molecular flexibility index (Phi) is 7.32. The quantitative estimate of drug-likeness (QED) is 0.202. The molecule has 5 rings (SSSR count). The lowest BCUT2D eigenvalue weighted by atomic mass is 9.71. The van der Waals surface area contributed by atoms with Crippen LogP contribution >= 0.6 is 22.9 Å². The Morgan fingerprint density at radius 1 is 0.944 bits per heavy atom. The van der Waals surface area contributed by atoms with Crippen LogP contribution in [0.15, 0.2) is 12.1 Å². The number of hydrogen-bond acceptors (Lipinski definition) is 7. The molecule has 9 heteroatoms. The molecule has 0 bridgehead atoms. The van der Waals surface area contributed by atoms with E-state index in [-0.39, 0.29) is 16.3 Å². The normalized spacial score (nSPS) is 19.8. The standard InChI is InChI=1S/C14H19N3S.C13H17ClN2O2/c1-14(2,3)9-4-5-10-8(6-9)7-11-12(16-10)18-13(15)17-11;1-13(2,3)9-4-5-10-8(6-9)7-11(16(17)18)12(14)15-10/h7,9H,4-6H2,1-3H3,(H2,15,17);7,9H,4-6H2,1-3H3. The number of nitro groups is 1. The van der Waals surface area contributed by atoms with Gasteiger partial charge in [0.2, 0.25) is 5.15 Å². The number of pyridine rings is 2. The van der Waals surface area contributed by atoms with Crippen molar-refractivity contribution < 1.29 is 4.92 Å². The summed E-state index contributed by atoms with van der Waals surface area (Å²) >= 11 is 7.32. The van der Waals surface area contributed by atoms with Gasteiger partial charge in [0, 0.05) is 17.5 Å². The van der Waals surface area contributed by atoms with Crippen molar-refractivity contribution in [2.24, 2.45) is 22.7 Å². The van der Waals surface area contributed by atoms with Crippen molar-refractivity contribution in [2.75, 3.05) is 5.73 Å². The predicted octanol–water partition coefficient (Wildman–Crippen LogP) is 7.22. The molecule has 0 aliphatic heterocycles. The smallest absolute Gasteiger partial charge is 0.306 e. The molecule has 2 unspecified atom stereocenters. The average molecular weight is 530 g/mol. The van der Waals surface area contributed by atoms with Crippen molar-refractivity contribution in [1.82, 2.24) is 15.0 Å². The first kappa shape index (κ1) is 26.7. The van der Waals surface area contributed by atoms with E-state index in [0.29, 0.717) is 16.5 Å². The van der Waals surface area contributed by atoms with Gasteiger partial charge in [0.1, 0.15) is 10.3 Å². The van der Waals surface area contributed by atoms with E-state index in [4.69, 9.17) is 22.3 Å². The first-order valence-electron chi connectivity index (χ1n) is 12.6. The van der Waals surface area contributed by atoms with Crippen LogP contribution in [0.5, 0.6) is 0 Å². The van der Waals surface area contributed by atoms with Crippen LogP contribution in [0, 0.1) is 32.8 Å². The molecule has 2 aliphatic carbocycles. The molecule has 194 valence electrons. The maximum atomic E-state index is 10.9. The number of rotatable bonds is 1. The van der Waals surface area contributed by atoms with Crippen LogP contribution in [0.4, 0.5) is 10.8 Å². The number of halogens is 1. The fraction of sp³-hybridized carbons (Fsp3) is 0.593. The summed E-state index contributed by atoms with van der Waals surface area (Å²) in [6.45, 7) is 13.6. The van der Waals surface area contributed by atoms with E-state index < -0.39 is 4.92 Å². The van der Waals surface area contributed by atoms with E-state index in [1.54, 1.807) is 6.07 Å². The number of anilines is 1. The number of hydrogen-bond donors (Lipinski definition) is 1. The summed E-state index contributed by atoms with van der Waals surface area (Å²) in [4.78, 5) is 24.6. The van der Waals surface area contributed by atoms with Gasteiger partial charge in [-0.05, 0) is 78.4 Å². The van der Waals surface area contributed by atoms with E-state index in [2.05, 4.69) is 57.6 Å². The highest BCUT2D eigenvalue weighted by atomic mass is 35.5. The molecule has 3 aromatic heterocycles. The molecule has 0 amide bonds. The van der Waals surface area contributed by atoms with E-state index >= 15 is 0 Å². The molecule has 7 nitrogen and oxygen atoms in total. The number of aromatic nitrogens is 3. The SMILES string of the molecule is CC(C)(C)C1CCc2nc(Cl)c([N+](=O)[O-])cc2C1.CC(C)(C)C1CCc2nc3sc(N)nc3cc2C1. The van der Waals surface area contributed by atoms with E-state index in [1.807, 2.05) is 0 Å². The van der Waals surface area contributed by atoms with E-state index in [1.165, 1.54) is 29.0 Å². The number of nitrogens with zero attached hydrogens (tertiary/aromatic N) is 4. The van der Waals surface area contributed by atoms with Crippen molar-refractivity contribution in [3.05, 3.63) is 49.9 Å². The van der Waals surface area contributed by atoms with Gasteiger partial charge in [-0.3, -0.25) is 10.1 Å². The Morgan fingerprint density at radius 3 is 2.00 bits per heavy atom. The minimum Gasteiger partial charge on any atom is -0.375 e. The van der Waals surface area contributed by atoms with Gasteiger partial charge in [0.05, 0.1) is 4.92 Å². The zero-order chi connectivity index (χ0) is 26.4. The Balaban J connectivity index is 0.000000169. The minimum atomic E-state index is -0.462. The number of thiazole rings is 1. The molecule has 3 aromatic rings. The number of nitrogen functional groups attached to an aromatic ring is 1. The number of fused-ring (bicyclic) bond motifs is 3. The van der Waals surface area contributed by atoms with Crippen LogP contribution in [-0.4, -0.2) is 19.9 Å². The third-order valence-electron chi connectivity index (χ3n) is 7.73. The molecule has 0 radical (unpaired) electrons. The van der Waals surface area contributed by atoms with Gasteiger partial charge < -0.3 is 5.73 Å². The summed E-state index contributed by atoms with van der Waals surface area (Å²) in [6.07, 6.45) is 6.23.